The molecule has 0 spiro atoms. The predicted octanol–water partition coefficient (Wildman–Crippen LogP) is 9.62. The molecule has 306 valence electrons. The quantitative estimate of drug-likeness (QED) is 0.193. The van der Waals surface area contributed by atoms with Crippen molar-refractivity contribution in [2.24, 2.45) is 34.5 Å². The molecule has 1 saturated heterocycles. The summed E-state index contributed by atoms with van der Waals surface area (Å²) in [6, 6.07) is 6.19. The van der Waals surface area contributed by atoms with E-state index in [0.29, 0.717) is 74.4 Å². The van der Waals surface area contributed by atoms with Gasteiger partial charge >= 0.3 is 0 Å². The normalized spacial score (nSPS) is 35.7. The zero-order valence-corrected chi connectivity index (χ0v) is 34.7. The summed E-state index contributed by atoms with van der Waals surface area (Å²) in [5.41, 5.74) is 2.79. The highest BCUT2D eigenvalue weighted by Crippen LogP contribution is 2.67. The Morgan fingerprint density at radius 3 is 2.59 bits per heavy atom. The molecule has 12 heteroatoms. The van der Waals surface area contributed by atoms with E-state index in [1.54, 1.807) is 6.26 Å². The van der Waals surface area contributed by atoms with E-state index in [2.05, 4.69) is 42.5 Å². The van der Waals surface area contributed by atoms with Gasteiger partial charge in [-0.05, 0) is 131 Å². The standard InChI is InChI=1S/C44H62F2N6O3S/c1-29-28-54-25-23-52(29)38-26-36(43(17-18-43)56(4,47)53)49-39(50-38)31-13-20-48-40-32(31)14-22-51(40)21-6-5-7-24-55-37-11-10-34-33-9-8-30-27-44(45,46)19-16-41(30,2)35(33)12-15-42(34,37)3/h13-14,20,22,26,29-30,33-35,37,47H,5-12,15-19,21,23-25,27-28H2,1-4H3/t29-,30+,33+,34+,35+,37+,41?,42+,56-/m1/s1. The molecule has 9 nitrogen and oxygen atoms in total. The summed E-state index contributed by atoms with van der Waals surface area (Å²) in [5.74, 6) is 1.03. The minimum absolute atomic E-state index is 0.0767. The number of hydrogen-bond donors (Lipinski definition) is 1. The molecule has 0 aromatic carbocycles. The van der Waals surface area contributed by atoms with Crippen molar-refractivity contribution in [3.8, 4) is 11.4 Å². The molecule has 3 aromatic heterocycles. The van der Waals surface area contributed by atoms with E-state index < -0.39 is 20.4 Å². The van der Waals surface area contributed by atoms with Crippen LogP contribution in [0.2, 0.25) is 0 Å². The summed E-state index contributed by atoms with van der Waals surface area (Å²) in [5, 5.41) is 0.990. The first-order valence-corrected chi connectivity index (χ1v) is 23.6. The summed E-state index contributed by atoms with van der Waals surface area (Å²) < 4.78 is 64.5. The minimum atomic E-state index is -2.86. The average Bonchev–Trinajstić information content (AvgIpc) is 3.80. The highest BCUT2D eigenvalue weighted by Gasteiger charge is 2.62. The molecule has 0 amide bonds. The van der Waals surface area contributed by atoms with Crippen molar-refractivity contribution in [3.63, 3.8) is 0 Å². The molecule has 1 aliphatic heterocycles. The SMILES string of the molecule is C[C@@H]1COCCN1c1cc(C2([S@](C)(=N)=O)CC2)nc(-c2ccnc3c2ccn3CCCCCO[C@H]2CC[C@H]3[C@@H]4CC[C@H]5CC(F)(F)CCC5(C)[C@H]4CC[C@]23C)n1. The fraction of sp³-hybridized carbons (Fsp3) is 0.750. The fourth-order valence-electron chi connectivity index (χ4n) is 12.6. The molecule has 1 unspecified atom stereocenters. The van der Waals surface area contributed by atoms with Crippen molar-refractivity contribution in [1.29, 1.82) is 4.78 Å². The van der Waals surface area contributed by atoms with Crippen LogP contribution >= 0.6 is 0 Å². The Morgan fingerprint density at radius 1 is 0.982 bits per heavy atom. The molecule has 3 aromatic rings. The van der Waals surface area contributed by atoms with E-state index in [4.69, 9.17) is 29.2 Å². The number of morpholine rings is 1. The number of fused-ring (bicyclic) bond motifs is 6. The van der Waals surface area contributed by atoms with Crippen LogP contribution in [0.4, 0.5) is 14.6 Å². The monoisotopic (exact) mass is 792 g/mol. The number of nitrogens with zero attached hydrogens (tertiary/aromatic N) is 5. The van der Waals surface area contributed by atoms with Gasteiger partial charge in [0.1, 0.15) is 11.5 Å². The first kappa shape index (κ1) is 38.8. The van der Waals surface area contributed by atoms with Gasteiger partial charge in [0.25, 0.3) is 0 Å². The number of hydrogen-bond acceptors (Lipinski definition) is 8. The maximum atomic E-state index is 14.4. The first-order valence-electron chi connectivity index (χ1n) is 21.6. The number of anilines is 1. The van der Waals surface area contributed by atoms with Crippen LogP contribution in [0, 0.1) is 39.3 Å². The second-order valence-electron chi connectivity index (χ2n) is 19.3. The Bertz CT molecular complexity index is 2050. The molecule has 6 aliphatic rings. The molecule has 5 aliphatic carbocycles. The van der Waals surface area contributed by atoms with Crippen molar-refractivity contribution < 1.29 is 22.5 Å². The van der Waals surface area contributed by atoms with Gasteiger partial charge in [-0.25, -0.2) is 27.9 Å². The first-order chi connectivity index (χ1) is 26.7. The zero-order chi connectivity index (χ0) is 39.1. The number of aryl methyl sites for hydroxylation is 1. The van der Waals surface area contributed by atoms with Crippen LogP contribution in [0.25, 0.3) is 22.4 Å². The van der Waals surface area contributed by atoms with Crippen molar-refractivity contribution in [2.75, 3.05) is 37.5 Å². The number of pyridine rings is 1. The van der Waals surface area contributed by atoms with Gasteiger partial charge in [-0.2, -0.15) is 0 Å². The van der Waals surface area contributed by atoms with Gasteiger partial charge in [-0.15, -0.1) is 0 Å². The Hall–Kier alpha value is -2.70. The van der Waals surface area contributed by atoms with Crippen molar-refractivity contribution in [1.82, 2.24) is 19.5 Å². The second kappa shape index (κ2) is 14.2. The number of halogens is 2. The highest BCUT2D eigenvalue weighted by molar-refractivity contribution is 7.93. The lowest BCUT2D eigenvalue weighted by Gasteiger charge is -2.61. The predicted molar refractivity (Wildman–Crippen MR) is 216 cm³/mol. The van der Waals surface area contributed by atoms with Gasteiger partial charge in [-0.1, -0.05) is 13.8 Å². The second-order valence-corrected chi connectivity index (χ2v) is 21.7. The molecule has 6 fully saturated rings. The molecule has 9 atom stereocenters. The molecule has 0 radical (unpaired) electrons. The fourth-order valence-corrected chi connectivity index (χ4v) is 14.0. The lowest BCUT2D eigenvalue weighted by atomic mass is 9.45. The van der Waals surface area contributed by atoms with Gasteiger partial charge in [0.15, 0.2) is 5.82 Å². The smallest absolute Gasteiger partial charge is 0.248 e. The third-order valence-electron chi connectivity index (χ3n) is 16.1. The summed E-state index contributed by atoms with van der Waals surface area (Å²) >= 11 is 0. The molecular weight excluding hydrogens is 731 g/mol. The van der Waals surface area contributed by atoms with E-state index >= 15 is 0 Å². The summed E-state index contributed by atoms with van der Waals surface area (Å²) in [7, 11) is -2.86. The average molecular weight is 793 g/mol. The number of rotatable bonds is 11. The molecule has 5 saturated carbocycles. The molecular formula is C44H62F2N6O3S. The molecule has 9 rings (SSSR count). The van der Waals surface area contributed by atoms with Crippen LogP contribution in [0.15, 0.2) is 30.6 Å². The van der Waals surface area contributed by atoms with Crippen molar-refractivity contribution in [3.05, 3.63) is 36.3 Å². The van der Waals surface area contributed by atoms with Gasteiger partial charge in [-0.3, -0.25) is 4.78 Å². The zero-order valence-electron chi connectivity index (χ0n) is 33.9. The van der Waals surface area contributed by atoms with Crippen molar-refractivity contribution >= 4 is 26.6 Å². The Morgan fingerprint density at radius 2 is 1.80 bits per heavy atom. The lowest BCUT2D eigenvalue weighted by molar-refractivity contribution is -0.169. The highest BCUT2D eigenvalue weighted by atomic mass is 32.2. The topological polar surface area (TPSA) is 106 Å². The third kappa shape index (κ3) is 6.59. The van der Waals surface area contributed by atoms with Crippen LogP contribution in [-0.2, 0) is 30.5 Å². The molecule has 1 N–H and O–H groups in total. The Kier molecular flexibility index (Phi) is 9.87. The number of unbranched alkanes of at least 4 members (excludes halogenated alkanes) is 2. The number of nitrogens with one attached hydrogen (secondary N) is 1. The van der Waals surface area contributed by atoms with Crippen molar-refractivity contribution in [2.45, 2.75) is 140 Å². The summed E-state index contributed by atoms with van der Waals surface area (Å²) in [4.78, 5) is 17.2. The van der Waals surface area contributed by atoms with E-state index in [1.807, 2.05) is 18.3 Å². The summed E-state index contributed by atoms with van der Waals surface area (Å²) in [6.45, 7) is 10.6. The van der Waals surface area contributed by atoms with E-state index in [0.717, 1.165) is 74.1 Å². The van der Waals surface area contributed by atoms with Gasteiger partial charge in [0.2, 0.25) is 5.92 Å². The van der Waals surface area contributed by atoms with E-state index in [-0.39, 0.29) is 35.6 Å². The van der Waals surface area contributed by atoms with E-state index in [1.165, 1.54) is 19.3 Å². The number of alkyl halides is 2. The Labute approximate surface area is 332 Å². The van der Waals surface area contributed by atoms with Crippen LogP contribution in [0.5, 0.6) is 0 Å². The number of ether oxygens (including phenoxy) is 2. The maximum absolute atomic E-state index is 14.4. The largest absolute Gasteiger partial charge is 0.378 e. The van der Waals surface area contributed by atoms with E-state index in [9.17, 15) is 13.0 Å². The molecule has 4 heterocycles. The third-order valence-corrected chi connectivity index (χ3v) is 18.2. The maximum Gasteiger partial charge on any atom is 0.248 e. The van der Waals surface area contributed by atoms with Crippen LogP contribution in [-0.4, -0.2) is 74.4 Å². The van der Waals surface area contributed by atoms with Gasteiger partial charge in [0, 0.05) is 68.2 Å². The molecule has 56 heavy (non-hydrogen) atoms. The summed E-state index contributed by atoms with van der Waals surface area (Å²) in [6.07, 6.45) is 18.0. The van der Waals surface area contributed by atoms with Crippen LogP contribution in [0.1, 0.15) is 116 Å². The van der Waals surface area contributed by atoms with Crippen LogP contribution in [0.3, 0.4) is 0 Å². The van der Waals surface area contributed by atoms with Gasteiger partial charge < -0.3 is 18.9 Å². The number of aromatic nitrogens is 4. The Balaban J connectivity index is 0.829. The molecule has 0 bridgehead atoms. The lowest BCUT2D eigenvalue weighted by Crippen LogP contribution is -2.55. The van der Waals surface area contributed by atoms with Crippen LogP contribution < -0.4 is 4.90 Å². The van der Waals surface area contributed by atoms with Gasteiger partial charge in [0.05, 0.1) is 45.5 Å². The minimum Gasteiger partial charge on any atom is -0.378 e.